The van der Waals surface area contributed by atoms with Gasteiger partial charge in [-0.15, -0.1) is 11.8 Å². The first-order valence-corrected chi connectivity index (χ1v) is 6.81. The molecule has 4 nitrogen and oxygen atoms in total. The molecule has 1 N–H and O–H groups in total. The molecule has 2 aromatic carbocycles. The highest BCUT2D eigenvalue weighted by atomic mass is 32.2. The highest BCUT2D eigenvalue weighted by Crippen LogP contribution is 2.29. The van der Waals surface area contributed by atoms with Crippen LogP contribution in [-0.2, 0) is 5.75 Å². The fraction of sp³-hybridized carbons (Fsp3) is 0.143. The van der Waals surface area contributed by atoms with Crippen molar-refractivity contribution in [3.8, 4) is 0 Å². The minimum absolute atomic E-state index is 0.113. The Hall–Kier alpha value is -2.01. The van der Waals surface area contributed by atoms with Crippen molar-refractivity contribution < 1.29 is 4.92 Å². The summed E-state index contributed by atoms with van der Waals surface area (Å²) in [5.41, 5.74) is 2.07. The van der Waals surface area contributed by atoms with Crippen LogP contribution in [0.25, 0.3) is 0 Å². The molecule has 0 amide bonds. The molecule has 0 bridgehead atoms. The number of benzene rings is 2. The van der Waals surface area contributed by atoms with Gasteiger partial charge in [0.25, 0.3) is 5.69 Å². The molecule has 5 heteroatoms. The summed E-state index contributed by atoms with van der Waals surface area (Å²) in [4.78, 5) is 11.4. The van der Waals surface area contributed by atoms with E-state index in [1.165, 1.54) is 11.6 Å². The first-order valence-electron chi connectivity index (χ1n) is 5.83. The van der Waals surface area contributed by atoms with Crippen molar-refractivity contribution in [1.29, 1.82) is 0 Å². The molecule has 0 atom stereocenters. The monoisotopic (exact) mass is 274 g/mol. The van der Waals surface area contributed by atoms with E-state index in [4.69, 9.17) is 0 Å². The minimum Gasteiger partial charge on any atom is -0.388 e. The van der Waals surface area contributed by atoms with E-state index in [0.29, 0.717) is 0 Å². The van der Waals surface area contributed by atoms with Crippen molar-refractivity contribution in [3.05, 3.63) is 64.2 Å². The second-order valence-electron chi connectivity index (χ2n) is 4.00. The predicted molar refractivity (Wildman–Crippen MR) is 78.6 cm³/mol. The Kier molecular flexibility index (Phi) is 4.41. The van der Waals surface area contributed by atoms with Crippen LogP contribution in [0.2, 0.25) is 0 Å². The van der Waals surface area contributed by atoms with E-state index >= 15 is 0 Å². The van der Waals surface area contributed by atoms with Crippen molar-refractivity contribution >= 4 is 23.1 Å². The molecule has 0 saturated heterocycles. The number of thioether (sulfide) groups is 1. The standard InChI is InChI=1S/C14H14N2O2S/c1-15-12-7-13(16(17)18)9-14(8-12)19-10-11-5-3-2-4-6-11/h2-9,15H,10H2,1H3. The van der Waals surface area contributed by atoms with Gasteiger partial charge in [0.2, 0.25) is 0 Å². The fourth-order valence-electron chi connectivity index (χ4n) is 1.66. The molecule has 0 aliphatic carbocycles. The highest BCUT2D eigenvalue weighted by Gasteiger charge is 2.09. The van der Waals surface area contributed by atoms with Gasteiger partial charge in [0.1, 0.15) is 0 Å². The van der Waals surface area contributed by atoms with Gasteiger partial charge in [0.05, 0.1) is 4.92 Å². The Bertz CT molecular complexity index is 573. The second kappa shape index (κ2) is 6.24. The molecule has 0 unspecified atom stereocenters. The van der Waals surface area contributed by atoms with Crippen LogP contribution < -0.4 is 5.32 Å². The molecular formula is C14H14N2O2S. The summed E-state index contributed by atoms with van der Waals surface area (Å²) in [5, 5.41) is 13.8. The van der Waals surface area contributed by atoms with Crippen LogP contribution in [0.4, 0.5) is 11.4 Å². The van der Waals surface area contributed by atoms with Crippen LogP contribution in [0.15, 0.2) is 53.4 Å². The molecule has 2 aromatic rings. The Morgan fingerprint density at radius 3 is 2.58 bits per heavy atom. The van der Waals surface area contributed by atoms with Gasteiger partial charge in [-0.1, -0.05) is 30.3 Å². The maximum Gasteiger partial charge on any atom is 0.272 e. The lowest BCUT2D eigenvalue weighted by molar-refractivity contribution is -0.385. The first-order chi connectivity index (χ1) is 9.19. The molecular weight excluding hydrogens is 260 g/mol. The van der Waals surface area contributed by atoms with E-state index in [2.05, 4.69) is 5.32 Å². The SMILES string of the molecule is CNc1cc(SCc2ccccc2)cc([N+](=O)[O-])c1. The minimum atomic E-state index is -0.368. The smallest absolute Gasteiger partial charge is 0.272 e. The average molecular weight is 274 g/mol. The van der Waals surface area contributed by atoms with Crippen LogP contribution in [0.5, 0.6) is 0 Å². The first kappa shape index (κ1) is 13.4. The summed E-state index contributed by atoms with van der Waals surface area (Å²) in [6.07, 6.45) is 0. The molecule has 0 radical (unpaired) electrons. The van der Waals surface area contributed by atoms with Crippen LogP contribution in [-0.4, -0.2) is 12.0 Å². The van der Waals surface area contributed by atoms with Gasteiger partial charge >= 0.3 is 0 Å². The van der Waals surface area contributed by atoms with Gasteiger partial charge in [-0.05, 0) is 11.6 Å². The van der Waals surface area contributed by atoms with Gasteiger partial charge in [0, 0.05) is 35.5 Å². The number of hydrogen-bond donors (Lipinski definition) is 1. The number of non-ortho nitro benzene ring substituents is 1. The van der Waals surface area contributed by atoms with E-state index in [-0.39, 0.29) is 10.6 Å². The second-order valence-corrected chi connectivity index (χ2v) is 5.05. The fourth-order valence-corrected chi connectivity index (χ4v) is 2.60. The van der Waals surface area contributed by atoms with Gasteiger partial charge < -0.3 is 5.32 Å². The molecule has 0 saturated carbocycles. The number of nitrogens with zero attached hydrogens (tertiary/aromatic N) is 1. The molecule has 2 rings (SSSR count). The number of nitrogens with one attached hydrogen (secondary N) is 1. The third-order valence-electron chi connectivity index (χ3n) is 2.64. The largest absolute Gasteiger partial charge is 0.388 e. The quantitative estimate of drug-likeness (QED) is 0.510. The molecule has 0 heterocycles. The number of nitro benzene ring substituents is 1. The van der Waals surface area contributed by atoms with Crippen LogP contribution in [0.1, 0.15) is 5.56 Å². The van der Waals surface area contributed by atoms with Crippen molar-refractivity contribution in [1.82, 2.24) is 0 Å². The zero-order valence-corrected chi connectivity index (χ0v) is 11.3. The summed E-state index contributed by atoms with van der Waals surface area (Å²) in [6.45, 7) is 0. The molecule has 0 spiro atoms. The zero-order valence-electron chi connectivity index (χ0n) is 10.5. The number of rotatable bonds is 5. The van der Waals surface area contributed by atoms with Gasteiger partial charge in [-0.3, -0.25) is 10.1 Å². The molecule has 0 aromatic heterocycles. The zero-order chi connectivity index (χ0) is 13.7. The Morgan fingerprint density at radius 1 is 1.21 bits per heavy atom. The number of anilines is 1. The van der Waals surface area contributed by atoms with Crippen molar-refractivity contribution in [3.63, 3.8) is 0 Å². The topological polar surface area (TPSA) is 55.2 Å². The van der Waals surface area contributed by atoms with Gasteiger partial charge in [-0.2, -0.15) is 0 Å². The summed E-state index contributed by atoms with van der Waals surface area (Å²) in [6, 6.07) is 15.1. The van der Waals surface area contributed by atoms with Gasteiger partial charge in [0.15, 0.2) is 0 Å². The summed E-state index contributed by atoms with van der Waals surface area (Å²) in [5.74, 6) is 0.797. The van der Waals surface area contributed by atoms with E-state index in [1.54, 1.807) is 24.9 Å². The average Bonchev–Trinajstić information content (AvgIpc) is 2.45. The molecule has 0 fully saturated rings. The lowest BCUT2D eigenvalue weighted by atomic mass is 10.2. The third-order valence-corrected chi connectivity index (χ3v) is 3.69. The van der Waals surface area contributed by atoms with Crippen molar-refractivity contribution in [2.75, 3.05) is 12.4 Å². The van der Waals surface area contributed by atoms with Crippen LogP contribution in [0, 0.1) is 10.1 Å². The van der Waals surface area contributed by atoms with E-state index < -0.39 is 0 Å². The predicted octanol–water partition coefficient (Wildman–Crippen LogP) is 3.93. The Morgan fingerprint density at radius 2 is 1.95 bits per heavy atom. The van der Waals surface area contributed by atoms with Crippen LogP contribution in [0.3, 0.4) is 0 Å². The van der Waals surface area contributed by atoms with E-state index in [9.17, 15) is 10.1 Å². The normalized spacial score (nSPS) is 10.2. The Labute approximate surface area is 116 Å². The van der Waals surface area contributed by atoms with Crippen LogP contribution >= 0.6 is 11.8 Å². The summed E-state index contributed by atoms with van der Waals surface area (Å²) < 4.78 is 0. The summed E-state index contributed by atoms with van der Waals surface area (Å²) in [7, 11) is 1.75. The van der Waals surface area contributed by atoms with Crippen molar-refractivity contribution in [2.24, 2.45) is 0 Å². The third kappa shape index (κ3) is 3.72. The number of hydrogen-bond acceptors (Lipinski definition) is 4. The maximum absolute atomic E-state index is 10.9. The molecule has 19 heavy (non-hydrogen) atoms. The maximum atomic E-state index is 10.9. The van der Waals surface area contributed by atoms with Gasteiger partial charge in [-0.25, -0.2) is 0 Å². The lowest BCUT2D eigenvalue weighted by Gasteiger charge is -2.05. The summed E-state index contributed by atoms with van der Waals surface area (Å²) >= 11 is 1.59. The van der Waals surface area contributed by atoms with E-state index in [1.807, 2.05) is 36.4 Å². The highest BCUT2D eigenvalue weighted by molar-refractivity contribution is 7.98. The molecule has 98 valence electrons. The lowest BCUT2D eigenvalue weighted by Crippen LogP contribution is -1.93. The Balaban J connectivity index is 2.15. The van der Waals surface area contributed by atoms with E-state index in [0.717, 1.165) is 16.3 Å². The molecule has 0 aliphatic heterocycles. The van der Waals surface area contributed by atoms with Crippen molar-refractivity contribution in [2.45, 2.75) is 10.6 Å². The molecule has 0 aliphatic rings. The number of nitro groups is 1.